The Labute approximate surface area is 88.3 Å². The van der Waals surface area contributed by atoms with Gasteiger partial charge in [-0.15, -0.1) is 0 Å². The first-order valence-electron chi connectivity index (χ1n) is 4.74. The van der Waals surface area contributed by atoms with Crippen LogP contribution in [0.15, 0.2) is 36.5 Å². The van der Waals surface area contributed by atoms with E-state index in [4.69, 9.17) is 4.74 Å². The number of benzene rings is 1. The fourth-order valence-electron chi connectivity index (χ4n) is 1.29. The summed E-state index contributed by atoms with van der Waals surface area (Å²) in [5.41, 5.74) is 2.12. The molecule has 0 saturated heterocycles. The van der Waals surface area contributed by atoms with E-state index >= 15 is 0 Å². The Balaban J connectivity index is 1.93. The average molecular weight is 203 g/mol. The lowest BCUT2D eigenvalue weighted by Crippen LogP contribution is -1.99. The molecule has 0 fully saturated rings. The second-order valence-electron chi connectivity index (χ2n) is 3.16. The molecule has 2 aromatic rings. The van der Waals surface area contributed by atoms with E-state index in [0.717, 1.165) is 23.7 Å². The van der Waals surface area contributed by atoms with Crippen LogP contribution in [0, 0.1) is 0 Å². The highest BCUT2D eigenvalue weighted by Gasteiger charge is 1.95. The fraction of sp³-hybridized carbons (Fsp3) is 0.182. The van der Waals surface area contributed by atoms with Crippen molar-refractivity contribution >= 4 is 5.69 Å². The minimum atomic E-state index is 0.742. The summed E-state index contributed by atoms with van der Waals surface area (Å²) >= 11 is 0. The molecule has 0 aliphatic carbocycles. The molecular formula is C11H13N3O. The third-order valence-electron chi connectivity index (χ3n) is 2.13. The Morgan fingerprint density at radius 1 is 1.27 bits per heavy atom. The van der Waals surface area contributed by atoms with Crippen molar-refractivity contribution in [1.82, 2.24) is 10.2 Å². The SMILES string of the molecule is COc1ccc(NCc2ccn[nH]2)cc1. The second-order valence-corrected chi connectivity index (χ2v) is 3.16. The maximum atomic E-state index is 5.08. The van der Waals surface area contributed by atoms with Crippen molar-refractivity contribution in [1.29, 1.82) is 0 Å². The molecular weight excluding hydrogens is 190 g/mol. The van der Waals surface area contributed by atoms with Crippen molar-refractivity contribution < 1.29 is 4.74 Å². The van der Waals surface area contributed by atoms with E-state index in [1.54, 1.807) is 13.3 Å². The lowest BCUT2D eigenvalue weighted by Gasteiger charge is -2.05. The van der Waals surface area contributed by atoms with Crippen molar-refractivity contribution in [2.24, 2.45) is 0 Å². The highest BCUT2D eigenvalue weighted by atomic mass is 16.5. The average Bonchev–Trinajstić information content (AvgIpc) is 2.80. The first kappa shape index (κ1) is 9.58. The van der Waals surface area contributed by atoms with Crippen LogP contribution in [-0.2, 0) is 6.54 Å². The molecule has 2 rings (SSSR count). The van der Waals surface area contributed by atoms with Crippen LogP contribution in [0.4, 0.5) is 5.69 Å². The van der Waals surface area contributed by atoms with Crippen LogP contribution in [0.25, 0.3) is 0 Å². The fourth-order valence-corrected chi connectivity index (χ4v) is 1.29. The number of ether oxygens (including phenoxy) is 1. The Bertz CT molecular complexity index is 394. The van der Waals surface area contributed by atoms with Crippen molar-refractivity contribution in [3.05, 3.63) is 42.2 Å². The normalized spacial score (nSPS) is 9.93. The number of aromatic nitrogens is 2. The standard InChI is InChI=1S/C11H13N3O/c1-15-11-4-2-9(3-5-11)12-8-10-6-7-13-14-10/h2-7,12H,8H2,1H3,(H,13,14). The van der Waals surface area contributed by atoms with E-state index in [9.17, 15) is 0 Å². The zero-order valence-corrected chi connectivity index (χ0v) is 8.53. The Morgan fingerprint density at radius 3 is 2.67 bits per heavy atom. The number of aromatic amines is 1. The first-order chi connectivity index (χ1) is 7.38. The highest BCUT2D eigenvalue weighted by Crippen LogP contribution is 2.15. The van der Waals surface area contributed by atoms with Gasteiger partial charge in [0.05, 0.1) is 19.3 Å². The summed E-state index contributed by atoms with van der Waals surface area (Å²) in [5, 5.41) is 10.0. The van der Waals surface area contributed by atoms with Gasteiger partial charge in [0.2, 0.25) is 0 Å². The molecule has 4 heteroatoms. The quantitative estimate of drug-likeness (QED) is 0.799. The van der Waals surface area contributed by atoms with E-state index in [1.807, 2.05) is 30.3 Å². The summed E-state index contributed by atoms with van der Waals surface area (Å²) in [6, 6.07) is 9.76. The Kier molecular flexibility index (Phi) is 2.88. The molecule has 0 saturated carbocycles. The molecule has 4 nitrogen and oxygen atoms in total. The molecule has 1 heterocycles. The van der Waals surface area contributed by atoms with E-state index in [1.165, 1.54) is 0 Å². The summed E-state index contributed by atoms with van der Waals surface area (Å²) in [5.74, 6) is 0.863. The summed E-state index contributed by atoms with van der Waals surface area (Å²) in [6.07, 6.45) is 1.74. The summed E-state index contributed by atoms with van der Waals surface area (Å²) in [7, 11) is 1.66. The topological polar surface area (TPSA) is 49.9 Å². The van der Waals surface area contributed by atoms with Crippen LogP contribution >= 0.6 is 0 Å². The van der Waals surface area contributed by atoms with E-state index in [-0.39, 0.29) is 0 Å². The number of nitrogens with one attached hydrogen (secondary N) is 2. The molecule has 0 radical (unpaired) electrons. The maximum absolute atomic E-state index is 5.08. The zero-order chi connectivity index (χ0) is 10.5. The van der Waals surface area contributed by atoms with Gasteiger partial charge in [0.1, 0.15) is 5.75 Å². The minimum Gasteiger partial charge on any atom is -0.497 e. The van der Waals surface area contributed by atoms with Crippen molar-refractivity contribution in [3.8, 4) is 5.75 Å². The molecule has 15 heavy (non-hydrogen) atoms. The summed E-state index contributed by atoms with van der Waals surface area (Å²) in [4.78, 5) is 0. The molecule has 0 bridgehead atoms. The minimum absolute atomic E-state index is 0.742. The van der Waals surface area contributed by atoms with Crippen LogP contribution in [0.5, 0.6) is 5.75 Å². The third-order valence-corrected chi connectivity index (χ3v) is 2.13. The molecule has 1 aromatic carbocycles. The van der Waals surface area contributed by atoms with E-state index in [0.29, 0.717) is 0 Å². The number of H-pyrrole nitrogens is 1. The van der Waals surface area contributed by atoms with E-state index < -0.39 is 0 Å². The van der Waals surface area contributed by atoms with Gasteiger partial charge in [0, 0.05) is 11.9 Å². The van der Waals surface area contributed by atoms with Gasteiger partial charge in [0.25, 0.3) is 0 Å². The van der Waals surface area contributed by atoms with Gasteiger partial charge in [-0.25, -0.2) is 0 Å². The van der Waals surface area contributed by atoms with Crippen molar-refractivity contribution in [2.45, 2.75) is 6.54 Å². The molecule has 0 aliphatic heterocycles. The first-order valence-corrected chi connectivity index (χ1v) is 4.74. The summed E-state index contributed by atoms with van der Waals surface area (Å²) in [6.45, 7) is 0.742. The van der Waals surface area contributed by atoms with Gasteiger partial charge >= 0.3 is 0 Å². The maximum Gasteiger partial charge on any atom is 0.119 e. The van der Waals surface area contributed by atoms with Gasteiger partial charge in [-0.3, -0.25) is 5.10 Å². The van der Waals surface area contributed by atoms with Gasteiger partial charge in [-0.1, -0.05) is 0 Å². The molecule has 0 aliphatic rings. The van der Waals surface area contributed by atoms with Crippen LogP contribution in [0.2, 0.25) is 0 Å². The van der Waals surface area contributed by atoms with Gasteiger partial charge in [-0.05, 0) is 30.3 Å². The van der Waals surface area contributed by atoms with Crippen LogP contribution in [-0.4, -0.2) is 17.3 Å². The number of anilines is 1. The van der Waals surface area contributed by atoms with Crippen molar-refractivity contribution in [3.63, 3.8) is 0 Å². The number of hydrogen-bond acceptors (Lipinski definition) is 3. The number of hydrogen-bond donors (Lipinski definition) is 2. The molecule has 1 aromatic heterocycles. The van der Waals surface area contributed by atoms with Crippen LogP contribution in [0.1, 0.15) is 5.69 Å². The monoisotopic (exact) mass is 203 g/mol. The van der Waals surface area contributed by atoms with Crippen LogP contribution in [0.3, 0.4) is 0 Å². The molecule has 78 valence electrons. The lowest BCUT2D eigenvalue weighted by molar-refractivity contribution is 0.415. The van der Waals surface area contributed by atoms with Crippen molar-refractivity contribution in [2.75, 3.05) is 12.4 Å². The number of nitrogens with zero attached hydrogens (tertiary/aromatic N) is 1. The van der Waals surface area contributed by atoms with Crippen LogP contribution < -0.4 is 10.1 Å². The van der Waals surface area contributed by atoms with Gasteiger partial charge < -0.3 is 10.1 Å². The Morgan fingerprint density at radius 2 is 2.07 bits per heavy atom. The van der Waals surface area contributed by atoms with Gasteiger partial charge in [-0.2, -0.15) is 5.10 Å². The number of rotatable bonds is 4. The van der Waals surface area contributed by atoms with Gasteiger partial charge in [0.15, 0.2) is 0 Å². The molecule has 0 atom stereocenters. The molecule has 0 spiro atoms. The third kappa shape index (κ3) is 2.49. The lowest BCUT2D eigenvalue weighted by atomic mass is 10.3. The zero-order valence-electron chi connectivity index (χ0n) is 8.53. The highest BCUT2D eigenvalue weighted by molar-refractivity contribution is 5.46. The summed E-state index contributed by atoms with van der Waals surface area (Å²) < 4.78 is 5.08. The predicted molar refractivity (Wildman–Crippen MR) is 58.9 cm³/mol. The predicted octanol–water partition coefficient (Wildman–Crippen LogP) is 2.03. The Hall–Kier alpha value is -1.97. The number of methoxy groups -OCH3 is 1. The smallest absolute Gasteiger partial charge is 0.119 e. The molecule has 0 amide bonds. The van der Waals surface area contributed by atoms with E-state index in [2.05, 4.69) is 15.5 Å². The second kappa shape index (κ2) is 4.50. The largest absolute Gasteiger partial charge is 0.497 e. The molecule has 2 N–H and O–H groups in total. The molecule has 0 unspecified atom stereocenters.